The molecule has 1 fully saturated rings. The lowest BCUT2D eigenvalue weighted by molar-refractivity contribution is 0.462. The first kappa shape index (κ1) is 12.9. The van der Waals surface area contributed by atoms with Crippen LogP contribution in [0.15, 0.2) is 24.3 Å². The van der Waals surface area contributed by atoms with E-state index in [4.69, 9.17) is 11.6 Å². The van der Waals surface area contributed by atoms with E-state index in [0.29, 0.717) is 12.1 Å². The molecule has 3 heteroatoms. The van der Waals surface area contributed by atoms with Crippen molar-refractivity contribution in [3.8, 4) is 0 Å². The number of hydrogen-bond acceptors (Lipinski definition) is 2. The summed E-state index contributed by atoms with van der Waals surface area (Å²) < 4.78 is 0. The smallest absolute Gasteiger partial charge is 0.0409 e. The zero-order valence-corrected chi connectivity index (χ0v) is 11.1. The van der Waals surface area contributed by atoms with Gasteiger partial charge in [0.2, 0.25) is 0 Å². The summed E-state index contributed by atoms with van der Waals surface area (Å²) in [5, 5.41) is 7.97. The first-order chi connectivity index (χ1) is 8.29. The highest BCUT2D eigenvalue weighted by atomic mass is 35.5. The van der Waals surface area contributed by atoms with Crippen LogP contribution >= 0.6 is 11.6 Å². The van der Waals surface area contributed by atoms with Crippen molar-refractivity contribution < 1.29 is 0 Å². The van der Waals surface area contributed by atoms with E-state index in [1.807, 2.05) is 12.1 Å². The molecular weight excluding hydrogens is 232 g/mol. The molecular formula is C14H21ClN2. The molecule has 0 saturated carbocycles. The van der Waals surface area contributed by atoms with Gasteiger partial charge in [-0.1, -0.05) is 30.7 Å². The molecule has 2 nitrogen and oxygen atoms in total. The Labute approximate surface area is 109 Å². The summed E-state index contributed by atoms with van der Waals surface area (Å²) in [6, 6.07) is 9.21. The lowest BCUT2D eigenvalue weighted by atomic mass is 10.0. The minimum absolute atomic E-state index is 0.413. The first-order valence-electron chi connectivity index (χ1n) is 6.52. The third-order valence-corrected chi connectivity index (χ3v) is 3.67. The molecule has 2 N–H and O–H groups in total. The van der Waals surface area contributed by atoms with Gasteiger partial charge in [-0.25, -0.2) is 0 Å². The molecule has 1 aromatic carbocycles. The second-order valence-electron chi connectivity index (χ2n) is 4.72. The first-order valence-corrected chi connectivity index (χ1v) is 6.89. The van der Waals surface area contributed by atoms with E-state index in [2.05, 4.69) is 29.7 Å². The Bertz CT molecular complexity index is 348. The summed E-state index contributed by atoms with van der Waals surface area (Å²) in [7, 11) is 0. The monoisotopic (exact) mass is 252 g/mol. The molecule has 0 radical (unpaired) electrons. The Hall–Kier alpha value is -0.570. The summed E-state index contributed by atoms with van der Waals surface area (Å²) >= 11 is 6.03. The van der Waals surface area contributed by atoms with Crippen LogP contribution < -0.4 is 10.6 Å². The van der Waals surface area contributed by atoms with Crippen molar-refractivity contribution in [1.29, 1.82) is 0 Å². The van der Waals surface area contributed by atoms with E-state index in [1.54, 1.807) is 0 Å². The van der Waals surface area contributed by atoms with Crippen LogP contribution in [0.3, 0.4) is 0 Å². The largest absolute Gasteiger partial charge is 0.313 e. The highest BCUT2D eigenvalue weighted by molar-refractivity contribution is 6.30. The van der Waals surface area contributed by atoms with Gasteiger partial charge in [0.15, 0.2) is 0 Å². The van der Waals surface area contributed by atoms with Crippen molar-refractivity contribution in [3.63, 3.8) is 0 Å². The van der Waals surface area contributed by atoms with Gasteiger partial charge in [0, 0.05) is 23.7 Å². The fourth-order valence-corrected chi connectivity index (χ4v) is 2.64. The molecule has 94 valence electrons. The van der Waals surface area contributed by atoms with Crippen LogP contribution in [0.2, 0.25) is 5.02 Å². The van der Waals surface area contributed by atoms with Gasteiger partial charge in [0.25, 0.3) is 0 Å². The van der Waals surface area contributed by atoms with Crippen molar-refractivity contribution in [2.75, 3.05) is 13.1 Å². The predicted octanol–water partition coefficient (Wildman–Crippen LogP) is 3.13. The predicted molar refractivity (Wildman–Crippen MR) is 73.5 cm³/mol. The van der Waals surface area contributed by atoms with Gasteiger partial charge in [-0.3, -0.25) is 0 Å². The van der Waals surface area contributed by atoms with Gasteiger partial charge in [-0.15, -0.1) is 0 Å². The quantitative estimate of drug-likeness (QED) is 0.841. The Morgan fingerprint density at radius 2 is 2.41 bits per heavy atom. The van der Waals surface area contributed by atoms with E-state index < -0.39 is 0 Å². The maximum atomic E-state index is 6.03. The SMILES string of the molecule is CCC(NCC1CCCN1)c1cccc(Cl)c1. The van der Waals surface area contributed by atoms with Crippen LogP contribution in [0.25, 0.3) is 0 Å². The molecule has 1 heterocycles. The highest BCUT2D eigenvalue weighted by Crippen LogP contribution is 2.20. The molecule has 0 spiro atoms. The van der Waals surface area contributed by atoms with Gasteiger partial charge >= 0.3 is 0 Å². The maximum Gasteiger partial charge on any atom is 0.0409 e. The van der Waals surface area contributed by atoms with Crippen molar-refractivity contribution in [2.24, 2.45) is 0 Å². The molecule has 1 saturated heterocycles. The molecule has 0 amide bonds. The zero-order chi connectivity index (χ0) is 12.1. The molecule has 0 bridgehead atoms. The number of halogens is 1. The lowest BCUT2D eigenvalue weighted by Gasteiger charge is -2.20. The molecule has 2 rings (SSSR count). The Balaban J connectivity index is 1.91. The number of rotatable bonds is 5. The molecule has 2 atom stereocenters. The summed E-state index contributed by atoms with van der Waals surface area (Å²) in [6.07, 6.45) is 3.69. The summed E-state index contributed by atoms with van der Waals surface area (Å²) in [4.78, 5) is 0. The van der Waals surface area contributed by atoms with E-state index in [0.717, 1.165) is 18.0 Å². The number of hydrogen-bond donors (Lipinski definition) is 2. The number of nitrogens with one attached hydrogen (secondary N) is 2. The molecule has 17 heavy (non-hydrogen) atoms. The van der Waals surface area contributed by atoms with Gasteiger partial charge in [-0.05, 0) is 43.5 Å². The van der Waals surface area contributed by atoms with Crippen LogP contribution in [0.4, 0.5) is 0 Å². The van der Waals surface area contributed by atoms with E-state index in [9.17, 15) is 0 Å². The molecule has 1 aliphatic rings. The van der Waals surface area contributed by atoms with E-state index in [-0.39, 0.29) is 0 Å². The lowest BCUT2D eigenvalue weighted by Crippen LogP contribution is -2.35. The highest BCUT2D eigenvalue weighted by Gasteiger charge is 2.16. The standard InChI is InChI=1S/C14H21ClN2/c1-2-14(11-5-3-6-12(15)9-11)17-10-13-7-4-8-16-13/h3,5-6,9,13-14,16-17H,2,4,7-8,10H2,1H3. The fraction of sp³-hybridized carbons (Fsp3) is 0.571. The van der Waals surface area contributed by atoms with Gasteiger partial charge in [0.05, 0.1) is 0 Å². The molecule has 0 aliphatic carbocycles. The molecule has 1 aliphatic heterocycles. The minimum atomic E-state index is 0.413. The Kier molecular flexibility index (Phi) is 4.84. The third-order valence-electron chi connectivity index (χ3n) is 3.43. The topological polar surface area (TPSA) is 24.1 Å². The second kappa shape index (κ2) is 6.39. The number of benzene rings is 1. The van der Waals surface area contributed by atoms with Crippen LogP contribution in [-0.2, 0) is 0 Å². The summed E-state index contributed by atoms with van der Waals surface area (Å²) in [6.45, 7) is 4.42. The average Bonchev–Trinajstić information content (AvgIpc) is 2.83. The molecule has 2 unspecified atom stereocenters. The van der Waals surface area contributed by atoms with Crippen LogP contribution in [0.1, 0.15) is 37.8 Å². The fourth-order valence-electron chi connectivity index (χ4n) is 2.44. The van der Waals surface area contributed by atoms with Crippen molar-refractivity contribution in [1.82, 2.24) is 10.6 Å². The normalized spacial score (nSPS) is 21.6. The van der Waals surface area contributed by atoms with Crippen molar-refractivity contribution in [3.05, 3.63) is 34.9 Å². The van der Waals surface area contributed by atoms with Gasteiger partial charge < -0.3 is 10.6 Å². The van der Waals surface area contributed by atoms with Crippen molar-refractivity contribution in [2.45, 2.75) is 38.3 Å². The third kappa shape index (κ3) is 3.70. The Morgan fingerprint density at radius 3 is 3.06 bits per heavy atom. The van der Waals surface area contributed by atoms with Crippen LogP contribution in [0.5, 0.6) is 0 Å². The average molecular weight is 253 g/mol. The summed E-state index contributed by atoms with van der Waals surface area (Å²) in [5.74, 6) is 0. The van der Waals surface area contributed by atoms with E-state index in [1.165, 1.54) is 24.9 Å². The second-order valence-corrected chi connectivity index (χ2v) is 5.15. The molecule has 1 aromatic rings. The van der Waals surface area contributed by atoms with Crippen LogP contribution in [0, 0.1) is 0 Å². The van der Waals surface area contributed by atoms with Gasteiger partial charge in [-0.2, -0.15) is 0 Å². The molecule has 0 aromatic heterocycles. The zero-order valence-electron chi connectivity index (χ0n) is 10.4. The van der Waals surface area contributed by atoms with Crippen molar-refractivity contribution >= 4 is 11.6 Å². The van der Waals surface area contributed by atoms with Crippen LogP contribution in [-0.4, -0.2) is 19.1 Å². The maximum absolute atomic E-state index is 6.03. The van der Waals surface area contributed by atoms with Gasteiger partial charge in [0.1, 0.15) is 0 Å². The summed E-state index contributed by atoms with van der Waals surface area (Å²) in [5.41, 5.74) is 1.29. The Morgan fingerprint density at radius 1 is 1.53 bits per heavy atom. The minimum Gasteiger partial charge on any atom is -0.313 e. The van der Waals surface area contributed by atoms with E-state index >= 15 is 0 Å².